The fraction of sp³-hybridized carbons (Fsp3) is 0.391. The van der Waals surface area contributed by atoms with E-state index in [-0.39, 0.29) is 24.5 Å². The number of ketones is 1. The topological polar surface area (TPSA) is 64.6 Å². The lowest BCUT2D eigenvalue weighted by atomic mass is 10.1. The Bertz CT molecular complexity index is 755. The van der Waals surface area contributed by atoms with E-state index in [9.17, 15) is 9.59 Å². The van der Waals surface area contributed by atoms with E-state index in [1.54, 1.807) is 24.3 Å². The summed E-state index contributed by atoms with van der Waals surface area (Å²) in [7, 11) is 0. The Labute approximate surface area is 167 Å². The van der Waals surface area contributed by atoms with E-state index in [1.165, 1.54) is 0 Å². The molecule has 0 saturated carbocycles. The number of hydrogen-bond donors (Lipinski definition) is 1. The lowest BCUT2D eigenvalue weighted by Crippen LogP contribution is -2.23. The first-order valence-corrected chi connectivity index (χ1v) is 9.87. The number of carbonyl (C=O) groups excluding carboxylic acids is 2. The van der Waals surface area contributed by atoms with Gasteiger partial charge in [0, 0.05) is 24.9 Å². The van der Waals surface area contributed by atoms with Gasteiger partial charge in [-0.3, -0.25) is 9.59 Å². The third-order valence-corrected chi connectivity index (χ3v) is 4.22. The molecule has 0 aromatic heterocycles. The minimum Gasteiger partial charge on any atom is -0.494 e. The number of ether oxygens (including phenoxy) is 2. The Morgan fingerprint density at radius 2 is 1.71 bits per heavy atom. The van der Waals surface area contributed by atoms with Crippen molar-refractivity contribution in [2.45, 2.75) is 46.1 Å². The van der Waals surface area contributed by atoms with Crippen LogP contribution in [-0.4, -0.2) is 24.9 Å². The van der Waals surface area contributed by atoms with Gasteiger partial charge in [0.05, 0.1) is 13.2 Å². The third kappa shape index (κ3) is 7.43. The molecular weight excluding hydrogens is 354 g/mol. The third-order valence-electron chi connectivity index (χ3n) is 4.22. The maximum absolute atomic E-state index is 12.2. The molecule has 0 bridgehead atoms. The summed E-state index contributed by atoms with van der Waals surface area (Å²) < 4.78 is 11.0. The first-order chi connectivity index (χ1) is 13.6. The van der Waals surface area contributed by atoms with E-state index in [1.807, 2.05) is 31.2 Å². The minimum atomic E-state index is -0.142. The maximum Gasteiger partial charge on any atom is 0.220 e. The fourth-order valence-corrected chi connectivity index (χ4v) is 2.64. The van der Waals surface area contributed by atoms with Gasteiger partial charge in [-0.2, -0.15) is 0 Å². The zero-order valence-corrected chi connectivity index (χ0v) is 16.7. The number of amides is 1. The zero-order valence-electron chi connectivity index (χ0n) is 16.7. The van der Waals surface area contributed by atoms with Gasteiger partial charge in [0.1, 0.15) is 11.5 Å². The molecule has 0 unspecified atom stereocenters. The highest BCUT2D eigenvalue weighted by Crippen LogP contribution is 2.15. The summed E-state index contributed by atoms with van der Waals surface area (Å²) in [6.07, 6.45) is 2.45. The van der Waals surface area contributed by atoms with Crippen molar-refractivity contribution < 1.29 is 19.1 Å². The Morgan fingerprint density at radius 1 is 0.929 bits per heavy atom. The van der Waals surface area contributed by atoms with Crippen molar-refractivity contribution in [1.29, 1.82) is 0 Å². The Morgan fingerprint density at radius 3 is 2.43 bits per heavy atom. The second-order valence-electron chi connectivity index (χ2n) is 6.51. The van der Waals surface area contributed by atoms with Crippen molar-refractivity contribution in [2.24, 2.45) is 0 Å². The molecule has 0 spiro atoms. The summed E-state index contributed by atoms with van der Waals surface area (Å²) in [6.45, 7) is 5.73. The number of nitrogens with one attached hydrogen (secondary N) is 1. The van der Waals surface area contributed by atoms with Gasteiger partial charge in [0.25, 0.3) is 0 Å². The van der Waals surface area contributed by atoms with Crippen molar-refractivity contribution in [2.75, 3.05) is 13.2 Å². The number of carbonyl (C=O) groups is 2. The molecule has 0 saturated heterocycles. The second-order valence-corrected chi connectivity index (χ2v) is 6.51. The van der Waals surface area contributed by atoms with E-state index in [4.69, 9.17) is 9.47 Å². The van der Waals surface area contributed by atoms with Gasteiger partial charge in [0.2, 0.25) is 5.91 Å². The molecule has 0 heterocycles. The molecule has 1 N–H and O–H groups in total. The van der Waals surface area contributed by atoms with Gasteiger partial charge in [0.15, 0.2) is 5.78 Å². The Balaban J connectivity index is 1.75. The molecule has 28 heavy (non-hydrogen) atoms. The Kier molecular flexibility index (Phi) is 9.05. The van der Waals surface area contributed by atoms with Crippen molar-refractivity contribution in [3.05, 3.63) is 59.7 Å². The molecule has 2 aromatic carbocycles. The predicted octanol–water partition coefficient (Wildman–Crippen LogP) is 4.54. The average Bonchev–Trinajstić information content (AvgIpc) is 2.72. The average molecular weight is 383 g/mol. The fourth-order valence-electron chi connectivity index (χ4n) is 2.64. The summed E-state index contributed by atoms with van der Waals surface area (Å²) in [4.78, 5) is 24.3. The molecule has 0 atom stereocenters. The van der Waals surface area contributed by atoms with Crippen molar-refractivity contribution >= 4 is 11.7 Å². The summed E-state index contributed by atoms with van der Waals surface area (Å²) in [6, 6.07) is 14.7. The summed E-state index contributed by atoms with van der Waals surface area (Å²) in [5.74, 6) is 1.35. The molecule has 0 fully saturated rings. The van der Waals surface area contributed by atoms with E-state index in [0.717, 1.165) is 29.9 Å². The van der Waals surface area contributed by atoms with E-state index in [2.05, 4.69) is 12.2 Å². The van der Waals surface area contributed by atoms with Gasteiger partial charge < -0.3 is 14.8 Å². The van der Waals surface area contributed by atoms with E-state index < -0.39 is 0 Å². The number of hydrogen-bond acceptors (Lipinski definition) is 4. The van der Waals surface area contributed by atoms with Crippen LogP contribution in [0.15, 0.2) is 48.5 Å². The standard InChI is InChI=1S/C23H29NO4/c1-3-5-15-28-21-8-6-7-18(16-21)17-24-23(26)14-13-22(25)19-9-11-20(12-10-19)27-4-2/h6-12,16H,3-5,13-15,17H2,1-2H3,(H,24,26). The van der Waals surface area contributed by atoms with Crippen LogP contribution in [0.3, 0.4) is 0 Å². The van der Waals surface area contributed by atoms with Crippen LogP contribution in [0.25, 0.3) is 0 Å². The van der Waals surface area contributed by atoms with Crippen LogP contribution >= 0.6 is 0 Å². The van der Waals surface area contributed by atoms with Gasteiger partial charge in [-0.15, -0.1) is 0 Å². The molecule has 150 valence electrons. The SMILES string of the molecule is CCCCOc1cccc(CNC(=O)CCC(=O)c2ccc(OCC)cc2)c1. The molecule has 2 rings (SSSR count). The molecule has 5 nitrogen and oxygen atoms in total. The predicted molar refractivity (Wildman–Crippen MR) is 110 cm³/mol. The van der Waals surface area contributed by atoms with Crippen LogP contribution in [0.4, 0.5) is 0 Å². The number of Topliss-reactive ketones (excluding diaryl/α,β-unsaturated/α-hetero) is 1. The van der Waals surface area contributed by atoms with Crippen LogP contribution in [0.2, 0.25) is 0 Å². The van der Waals surface area contributed by atoms with Crippen molar-refractivity contribution in [3.8, 4) is 11.5 Å². The second kappa shape index (κ2) is 11.8. The summed E-state index contributed by atoms with van der Waals surface area (Å²) in [5, 5.41) is 2.86. The molecule has 0 aliphatic heterocycles. The van der Waals surface area contributed by atoms with Gasteiger partial charge in [-0.25, -0.2) is 0 Å². The number of benzene rings is 2. The van der Waals surface area contributed by atoms with Crippen LogP contribution < -0.4 is 14.8 Å². The monoisotopic (exact) mass is 383 g/mol. The molecule has 2 aromatic rings. The molecular formula is C23H29NO4. The Hall–Kier alpha value is -2.82. The highest BCUT2D eigenvalue weighted by molar-refractivity contribution is 5.98. The summed E-state index contributed by atoms with van der Waals surface area (Å²) in [5.41, 5.74) is 1.56. The van der Waals surface area contributed by atoms with E-state index >= 15 is 0 Å². The van der Waals surface area contributed by atoms with Crippen LogP contribution in [0.1, 0.15) is 55.5 Å². The summed E-state index contributed by atoms with van der Waals surface area (Å²) >= 11 is 0. The molecule has 1 amide bonds. The van der Waals surface area contributed by atoms with Crippen LogP contribution in [0, 0.1) is 0 Å². The molecule has 0 aliphatic rings. The molecule has 0 radical (unpaired) electrons. The molecule has 5 heteroatoms. The van der Waals surface area contributed by atoms with Crippen LogP contribution in [-0.2, 0) is 11.3 Å². The zero-order chi connectivity index (χ0) is 20.2. The molecule has 0 aliphatic carbocycles. The number of unbranched alkanes of at least 4 members (excludes halogenated alkanes) is 1. The lowest BCUT2D eigenvalue weighted by molar-refractivity contribution is -0.121. The van der Waals surface area contributed by atoms with Crippen molar-refractivity contribution in [3.63, 3.8) is 0 Å². The van der Waals surface area contributed by atoms with Crippen molar-refractivity contribution in [1.82, 2.24) is 5.32 Å². The highest BCUT2D eigenvalue weighted by Gasteiger charge is 2.10. The lowest BCUT2D eigenvalue weighted by Gasteiger charge is -2.09. The maximum atomic E-state index is 12.2. The quantitative estimate of drug-likeness (QED) is 0.432. The van der Waals surface area contributed by atoms with E-state index in [0.29, 0.717) is 25.3 Å². The van der Waals surface area contributed by atoms with Gasteiger partial charge in [-0.05, 0) is 55.3 Å². The minimum absolute atomic E-state index is 0.0514. The van der Waals surface area contributed by atoms with Crippen LogP contribution in [0.5, 0.6) is 11.5 Å². The number of rotatable bonds is 12. The largest absolute Gasteiger partial charge is 0.494 e. The van der Waals surface area contributed by atoms with Gasteiger partial charge in [-0.1, -0.05) is 25.5 Å². The van der Waals surface area contributed by atoms with Gasteiger partial charge >= 0.3 is 0 Å². The first kappa shape index (κ1) is 21.5. The smallest absolute Gasteiger partial charge is 0.220 e. The normalized spacial score (nSPS) is 10.4. The highest BCUT2D eigenvalue weighted by atomic mass is 16.5. The first-order valence-electron chi connectivity index (χ1n) is 9.87.